The lowest BCUT2D eigenvalue weighted by Crippen LogP contribution is -2.07. The minimum Gasteiger partial charge on any atom is -0.494 e. The third-order valence-electron chi connectivity index (χ3n) is 3.79. The summed E-state index contributed by atoms with van der Waals surface area (Å²) in [6.45, 7) is 6.43. The highest BCUT2D eigenvalue weighted by atomic mass is 79.9. The van der Waals surface area contributed by atoms with E-state index in [1.165, 1.54) is 12.1 Å². The molecule has 0 atom stereocenters. The third-order valence-corrected chi connectivity index (χ3v) is 6.00. The highest BCUT2D eigenvalue weighted by Crippen LogP contribution is 2.33. The highest BCUT2D eigenvalue weighted by Gasteiger charge is 2.28. The number of hydrogen-bond donors (Lipinski definition) is 1. The Kier molecular flexibility index (Phi) is 6.21. The van der Waals surface area contributed by atoms with Gasteiger partial charge in [0.25, 0.3) is 0 Å². The maximum Gasteiger partial charge on any atom is 0.234 e. The van der Waals surface area contributed by atoms with Crippen molar-refractivity contribution >= 4 is 31.7 Å². The summed E-state index contributed by atoms with van der Waals surface area (Å²) in [6, 6.07) is 13.5. The van der Waals surface area contributed by atoms with Crippen LogP contribution in [0.3, 0.4) is 0 Å². The lowest BCUT2D eigenvalue weighted by molar-refractivity contribution is 0.340. The van der Waals surface area contributed by atoms with Gasteiger partial charge in [-0.1, -0.05) is 22.0 Å². The molecule has 3 rings (SSSR count). The number of anilines is 1. The van der Waals surface area contributed by atoms with Gasteiger partial charge in [0.05, 0.1) is 11.5 Å². The van der Waals surface area contributed by atoms with Crippen molar-refractivity contribution in [2.75, 3.05) is 18.5 Å². The minimum absolute atomic E-state index is 0.0757. The molecule has 6 nitrogen and oxygen atoms in total. The highest BCUT2D eigenvalue weighted by molar-refractivity contribution is 9.10. The largest absolute Gasteiger partial charge is 0.494 e. The van der Waals surface area contributed by atoms with E-state index < -0.39 is 9.84 Å². The molecule has 8 heteroatoms. The SMILES string of the molecule is C=CCNc1oc(-c2ccc(OCC)cc2)nc1S(=O)(=O)c1ccc(Br)cc1. The second-order valence-corrected chi connectivity index (χ2v) is 8.52. The van der Waals surface area contributed by atoms with Gasteiger partial charge in [-0.05, 0) is 55.5 Å². The maximum absolute atomic E-state index is 13.1. The fraction of sp³-hybridized carbons (Fsp3) is 0.150. The van der Waals surface area contributed by atoms with Crippen LogP contribution in [0.15, 0.2) is 80.0 Å². The summed E-state index contributed by atoms with van der Waals surface area (Å²) in [5, 5.41) is 2.75. The molecule has 1 heterocycles. The fourth-order valence-corrected chi connectivity index (χ4v) is 4.02. The summed E-state index contributed by atoms with van der Waals surface area (Å²) >= 11 is 3.31. The van der Waals surface area contributed by atoms with Crippen LogP contribution >= 0.6 is 15.9 Å². The van der Waals surface area contributed by atoms with Gasteiger partial charge >= 0.3 is 0 Å². The lowest BCUT2D eigenvalue weighted by atomic mass is 10.2. The van der Waals surface area contributed by atoms with E-state index in [4.69, 9.17) is 9.15 Å². The van der Waals surface area contributed by atoms with Crippen LogP contribution in [0.1, 0.15) is 6.92 Å². The van der Waals surface area contributed by atoms with E-state index in [2.05, 4.69) is 32.8 Å². The normalized spacial score (nSPS) is 11.2. The molecule has 0 spiro atoms. The van der Waals surface area contributed by atoms with Gasteiger partial charge in [-0.3, -0.25) is 0 Å². The summed E-state index contributed by atoms with van der Waals surface area (Å²) in [5.74, 6) is 0.988. The number of aromatic nitrogens is 1. The summed E-state index contributed by atoms with van der Waals surface area (Å²) in [5.41, 5.74) is 0.641. The zero-order chi connectivity index (χ0) is 20.1. The number of halogens is 1. The molecule has 28 heavy (non-hydrogen) atoms. The van der Waals surface area contributed by atoms with Crippen molar-refractivity contribution in [1.29, 1.82) is 0 Å². The Labute approximate surface area is 172 Å². The first kappa shape index (κ1) is 20.2. The van der Waals surface area contributed by atoms with Gasteiger partial charge < -0.3 is 14.5 Å². The van der Waals surface area contributed by atoms with Crippen molar-refractivity contribution in [1.82, 2.24) is 4.98 Å². The number of ether oxygens (including phenoxy) is 1. The number of benzene rings is 2. The summed E-state index contributed by atoms with van der Waals surface area (Å²) < 4.78 is 38.1. The van der Waals surface area contributed by atoms with Crippen LogP contribution in [-0.2, 0) is 9.84 Å². The number of oxazole rings is 1. The lowest BCUT2D eigenvalue weighted by Gasteiger charge is -2.04. The van der Waals surface area contributed by atoms with Crippen molar-refractivity contribution in [3.8, 4) is 17.2 Å². The first-order valence-corrected chi connectivity index (χ1v) is 10.8. The molecule has 0 unspecified atom stereocenters. The Hall–Kier alpha value is -2.58. The second kappa shape index (κ2) is 8.62. The second-order valence-electron chi connectivity index (χ2n) is 5.74. The molecule has 3 aromatic rings. The van der Waals surface area contributed by atoms with Crippen LogP contribution in [-0.4, -0.2) is 26.6 Å². The average Bonchev–Trinajstić information content (AvgIpc) is 3.12. The van der Waals surface area contributed by atoms with Gasteiger partial charge in [0.15, 0.2) is 0 Å². The van der Waals surface area contributed by atoms with Crippen molar-refractivity contribution < 1.29 is 17.6 Å². The van der Waals surface area contributed by atoms with E-state index in [1.807, 2.05) is 6.92 Å². The van der Waals surface area contributed by atoms with Crippen LogP contribution in [0.4, 0.5) is 5.88 Å². The van der Waals surface area contributed by atoms with E-state index in [-0.39, 0.29) is 21.7 Å². The average molecular weight is 463 g/mol. The number of hydrogen-bond acceptors (Lipinski definition) is 6. The third kappa shape index (κ3) is 4.28. The van der Waals surface area contributed by atoms with Crippen molar-refractivity contribution in [3.63, 3.8) is 0 Å². The monoisotopic (exact) mass is 462 g/mol. The van der Waals surface area contributed by atoms with Crippen molar-refractivity contribution in [2.24, 2.45) is 0 Å². The first-order chi connectivity index (χ1) is 13.5. The van der Waals surface area contributed by atoms with Gasteiger partial charge in [0.1, 0.15) is 5.75 Å². The molecule has 2 aromatic carbocycles. The number of rotatable bonds is 8. The Balaban J connectivity index is 2.04. The first-order valence-electron chi connectivity index (χ1n) is 8.55. The molecule has 1 aromatic heterocycles. The quantitative estimate of drug-likeness (QED) is 0.477. The van der Waals surface area contributed by atoms with E-state index in [1.54, 1.807) is 42.5 Å². The summed E-state index contributed by atoms with van der Waals surface area (Å²) in [6.07, 6.45) is 1.61. The molecular weight excluding hydrogens is 444 g/mol. The van der Waals surface area contributed by atoms with E-state index in [9.17, 15) is 8.42 Å². The number of nitrogens with one attached hydrogen (secondary N) is 1. The number of nitrogens with zero attached hydrogens (tertiary/aromatic N) is 1. The number of sulfone groups is 1. The molecule has 0 bridgehead atoms. The van der Waals surface area contributed by atoms with Crippen LogP contribution < -0.4 is 10.1 Å². The van der Waals surface area contributed by atoms with Crippen LogP contribution in [0.2, 0.25) is 0 Å². The molecule has 0 aliphatic rings. The Morgan fingerprint density at radius 2 is 1.86 bits per heavy atom. The molecule has 0 fully saturated rings. The molecule has 0 radical (unpaired) electrons. The molecule has 0 aliphatic carbocycles. The molecule has 0 saturated heterocycles. The molecule has 0 saturated carbocycles. The Morgan fingerprint density at radius 1 is 1.18 bits per heavy atom. The molecule has 0 aliphatic heterocycles. The molecule has 0 amide bonds. The maximum atomic E-state index is 13.1. The predicted octanol–water partition coefficient (Wildman–Crippen LogP) is 4.93. The molecular formula is C20H19BrN2O4S. The summed E-state index contributed by atoms with van der Waals surface area (Å²) in [7, 11) is -3.87. The minimum atomic E-state index is -3.87. The Bertz CT molecular complexity index is 1060. The topological polar surface area (TPSA) is 81.4 Å². The molecule has 1 N–H and O–H groups in total. The zero-order valence-electron chi connectivity index (χ0n) is 15.2. The van der Waals surface area contributed by atoms with Crippen molar-refractivity contribution in [2.45, 2.75) is 16.8 Å². The zero-order valence-corrected chi connectivity index (χ0v) is 17.6. The van der Waals surface area contributed by atoms with Crippen LogP contribution in [0.25, 0.3) is 11.5 Å². The van der Waals surface area contributed by atoms with Gasteiger partial charge in [0.2, 0.25) is 26.6 Å². The Morgan fingerprint density at radius 3 is 2.46 bits per heavy atom. The van der Waals surface area contributed by atoms with Crippen molar-refractivity contribution in [3.05, 3.63) is 65.7 Å². The van der Waals surface area contributed by atoms with E-state index in [0.717, 1.165) is 4.47 Å². The van der Waals surface area contributed by atoms with Crippen LogP contribution in [0, 0.1) is 0 Å². The summed E-state index contributed by atoms with van der Waals surface area (Å²) in [4.78, 5) is 4.40. The molecule has 146 valence electrons. The standard InChI is InChI=1S/C20H19BrN2O4S/c1-3-13-22-19-20(28(24,25)17-11-7-15(21)8-12-17)23-18(27-19)14-5-9-16(10-6-14)26-4-2/h3,5-12,22H,1,4,13H2,2H3. The predicted molar refractivity (Wildman–Crippen MR) is 111 cm³/mol. The fourth-order valence-electron chi connectivity index (χ4n) is 2.47. The van der Waals surface area contributed by atoms with Gasteiger partial charge in [-0.25, -0.2) is 8.42 Å². The smallest absolute Gasteiger partial charge is 0.234 e. The van der Waals surface area contributed by atoms with Gasteiger partial charge in [-0.15, -0.1) is 6.58 Å². The van der Waals surface area contributed by atoms with Gasteiger partial charge in [0, 0.05) is 16.6 Å². The van der Waals surface area contributed by atoms with Crippen LogP contribution in [0.5, 0.6) is 5.75 Å². The van der Waals surface area contributed by atoms with Gasteiger partial charge in [-0.2, -0.15) is 4.98 Å². The van der Waals surface area contributed by atoms with E-state index >= 15 is 0 Å². The van der Waals surface area contributed by atoms with E-state index in [0.29, 0.717) is 24.5 Å².